The molecule has 0 rings (SSSR count). The Morgan fingerprint density at radius 3 is 1.09 bits per heavy atom. The Labute approximate surface area is 344 Å². The van der Waals surface area contributed by atoms with Crippen molar-refractivity contribution >= 4 is 5.91 Å². The Morgan fingerprint density at radius 1 is 0.436 bits per heavy atom. The molecule has 0 heterocycles. The van der Waals surface area contributed by atoms with E-state index in [4.69, 9.17) is 0 Å². The van der Waals surface area contributed by atoms with E-state index in [9.17, 15) is 15.0 Å². The Morgan fingerprint density at radius 2 is 0.745 bits per heavy atom. The van der Waals surface area contributed by atoms with Crippen molar-refractivity contribution < 1.29 is 15.0 Å². The van der Waals surface area contributed by atoms with Crippen LogP contribution in [0.15, 0.2) is 36.5 Å². The number of aliphatic hydroxyl groups excluding tert-OH is 2. The number of aliphatic hydroxyl groups is 2. The van der Waals surface area contributed by atoms with E-state index in [2.05, 4.69) is 43.5 Å². The van der Waals surface area contributed by atoms with E-state index in [0.29, 0.717) is 6.42 Å². The van der Waals surface area contributed by atoms with Crippen LogP contribution in [0.2, 0.25) is 0 Å². The minimum atomic E-state index is -0.835. The first-order valence-electron chi connectivity index (χ1n) is 24.7. The molecule has 3 N–H and O–H groups in total. The molecule has 4 heteroatoms. The molecule has 0 spiro atoms. The van der Waals surface area contributed by atoms with Gasteiger partial charge in [0.2, 0.25) is 5.91 Å². The number of rotatable bonds is 45. The molecular formula is C51H97NO3. The number of hydrogen-bond acceptors (Lipinski definition) is 3. The zero-order valence-electron chi connectivity index (χ0n) is 37.2. The molecule has 2 atom stereocenters. The molecule has 0 aliphatic carbocycles. The van der Waals surface area contributed by atoms with Gasteiger partial charge < -0.3 is 15.5 Å². The minimum absolute atomic E-state index is 0.0637. The van der Waals surface area contributed by atoms with Crippen LogP contribution >= 0.6 is 0 Å². The molecule has 0 radical (unpaired) electrons. The van der Waals surface area contributed by atoms with Crippen molar-refractivity contribution in [3.05, 3.63) is 36.5 Å². The van der Waals surface area contributed by atoms with Gasteiger partial charge in [0.15, 0.2) is 0 Å². The maximum atomic E-state index is 12.4. The predicted molar refractivity (Wildman–Crippen MR) is 244 cm³/mol. The standard InChI is InChI=1S/C51H97NO3/c1-3-5-7-9-11-13-15-16-17-18-19-20-21-22-23-24-25-26-27-28-29-30-31-32-33-34-35-36-37-39-41-43-45-47-51(55)52-49(48-53)50(54)46-44-42-40-38-14-12-10-8-6-4-2/h19-20,22-23,44,46,49-50,53-54H,3-18,21,24-43,45,47-48H2,1-2H3,(H,52,55)/b20-19-,23-22-,46-44+. The third-order valence-corrected chi connectivity index (χ3v) is 11.4. The number of carbonyl (C=O) groups excluding carboxylic acids is 1. The highest BCUT2D eigenvalue weighted by Crippen LogP contribution is 2.16. The zero-order valence-corrected chi connectivity index (χ0v) is 37.2. The molecule has 0 saturated carbocycles. The molecule has 0 fully saturated rings. The first-order valence-corrected chi connectivity index (χ1v) is 24.7. The van der Waals surface area contributed by atoms with Crippen LogP contribution in [0.4, 0.5) is 0 Å². The lowest BCUT2D eigenvalue weighted by atomic mass is 10.0. The summed E-state index contributed by atoms with van der Waals surface area (Å²) < 4.78 is 0. The number of carbonyl (C=O) groups is 1. The Kier molecular flexibility index (Phi) is 45.8. The lowest BCUT2D eigenvalue weighted by Crippen LogP contribution is -2.45. The summed E-state index contributed by atoms with van der Waals surface area (Å²) in [6.45, 7) is 4.30. The maximum Gasteiger partial charge on any atom is 0.220 e. The molecule has 0 aromatic carbocycles. The number of nitrogens with one attached hydrogen (secondary N) is 1. The van der Waals surface area contributed by atoms with Crippen molar-refractivity contribution in [2.75, 3.05) is 6.61 Å². The fourth-order valence-corrected chi connectivity index (χ4v) is 7.56. The molecular weight excluding hydrogens is 675 g/mol. The third kappa shape index (κ3) is 43.6. The fraction of sp³-hybridized carbons (Fsp3) is 0.863. The summed E-state index contributed by atoms with van der Waals surface area (Å²) in [6.07, 6.45) is 62.9. The number of unbranched alkanes of at least 4 members (excludes halogenated alkanes) is 34. The second-order valence-electron chi connectivity index (χ2n) is 16.9. The minimum Gasteiger partial charge on any atom is -0.394 e. The molecule has 0 saturated heterocycles. The summed E-state index contributed by atoms with van der Waals surface area (Å²) in [5.74, 6) is -0.0637. The Hall–Kier alpha value is -1.39. The normalized spacial score (nSPS) is 13.2. The third-order valence-electron chi connectivity index (χ3n) is 11.4. The van der Waals surface area contributed by atoms with Crippen molar-refractivity contribution in [2.24, 2.45) is 0 Å². The molecule has 4 nitrogen and oxygen atoms in total. The van der Waals surface area contributed by atoms with Gasteiger partial charge in [-0.25, -0.2) is 0 Å². The number of allylic oxidation sites excluding steroid dienone is 5. The van der Waals surface area contributed by atoms with E-state index in [1.54, 1.807) is 6.08 Å². The van der Waals surface area contributed by atoms with E-state index in [0.717, 1.165) is 32.1 Å². The van der Waals surface area contributed by atoms with Crippen LogP contribution < -0.4 is 5.32 Å². The maximum absolute atomic E-state index is 12.4. The van der Waals surface area contributed by atoms with Gasteiger partial charge in [-0.3, -0.25) is 4.79 Å². The SMILES string of the molecule is CCCCCCCCCC/C=C/C(O)C(CO)NC(=O)CCCCCCCCCCCCCCCCCCC/C=C\C/C=C\CCCCCCCCCCC. The molecule has 324 valence electrons. The van der Waals surface area contributed by atoms with Gasteiger partial charge in [-0.05, 0) is 51.4 Å². The lowest BCUT2D eigenvalue weighted by molar-refractivity contribution is -0.123. The van der Waals surface area contributed by atoms with Crippen LogP contribution in [0.1, 0.15) is 264 Å². The van der Waals surface area contributed by atoms with Gasteiger partial charge in [0.1, 0.15) is 0 Å². The lowest BCUT2D eigenvalue weighted by Gasteiger charge is -2.20. The second-order valence-corrected chi connectivity index (χ2v) is 16.9. The van der Waals surface area contributed by atoms with E-state index >= 15 is 0 Å². The van der Waals surface area contributed by atoms with Crippen molar-refractivity contribution in [2.45, 2.75) is 276 Å². The number of hydrogen-bond donors (Lipinski definition) is 3. The smallest absolute Gasteiger partial charge is 0.220 e. The van der Waals surface area contributed by atoms with Gasteiger partial charge in [-0.1, -0.05) is 243 Å². The summed E-state index contributed by atoms with van der Waals surface area (Å²) in [5.41, 5.74) is 0. The Balaban J connectivity index is 3.42. The van der Waals surface area contributed by atoms with Crippen molar-refractivity contribution in [1.82, 2.24) is 5.32 Å². The van der Waals surface area contributed by atoms with Crippen molar-refractivity contribution in [3.8, 4) is 0 Å². The molecule has 0 bridgehead atoms. The summed E-state index contributed by atoms with van der Waals surface area (Å²) in [7, 11) is 0. The van der Waals surface area contributed by atoms with Gasteiger partial charge in [-0.15, -0.1) is 0 Å². The topological polar surface area (TPSA) is 69.6 Å². The van der Waals surface area contributed by atoms with Crippen LogP contribution in [0.3, 0.4) is 0 Å². The predicted octanol–water partition coefficient (Wildman–Crippen LogP) is 15.7. The molecule has 0 aliphatic rings. The molecule has 1 amide bonds. The molecule has 2 unspecified atom stereocenters. The Bertz CT molecular complexity index is 836. The van der Waals surface area contributed by atoms with Crippen LogP contribution in [0.25, 0.3) is 0 Å². The van der Waals surface area contributed by atoms with Crippen LogP contribution in [-0.2, 0) is 4.79 Å². The summed E-state index contributed by atoms with van der Waals surface area (Å²) in [5, 5.41) is 22.9. The number of amides is 1. The van der Waals surface area contributed by atoms with E-state index in [1.807, 2.05) is 6.08 Å². The van der Waals surface area contributed by atoms with Crippen LogP contribution in [0.5, 0.6) is 0 Å². The van der Waals surface area contributed by atoms with Gasteiger partial charge in [0.25, 0.3) is 0 Å². The van der Waals surface area contributed by atoms with Crippen LogP contribution in [-0.4, -0.2) is 34.9 Å². The average Bonchev–Trinajstić information content (AvgIpc) is 3.19. The average molecular weight is 772 g/mol. The van der Waals surface area contributed by atoms with E-state index in [1.165, 1.54) is 212 Å². The molecule has 0 aromatic rings. The highest BCUT2D eigenvalue weighted by Gasteiger charge is 2.18. The van der Waals surface area contributed by atoms with E-state index in [-0.39, 0.29) is 12.5 Å². The van der Waals surface area contributed by atoms with Crippen molar-refractivity contribution in [3.63, 3.8) is 0 Å². The molecule has 0 aromatic heterocycles. The van der Waals surface area contributed by atoms with Crippen molar-refractivity contribution in [1.29, 1.82) is 0 Å². The quantitative estimate of drug-likeness (QED) is 0.0426. The first kappa shape index (κ1) is 53.6. The molecule has 55 heavy (non-hydrogen) atoms. The second kappa shape index (κ2) is 47.0. The molecule has 0 aliphatic heterocycles. The van der Waals surface area contributed by atoms with Gasteiger partial charge in [-0.2, -0.15) is 0 Å². The van der Waals surface area contributed by atoms with E-state index < -0.39 is 12.1 Å². The fourth-order valence-electron chi connectivity index (χ4n) is 7.56. The van der Waals surface area contributed by atoms with Crippen LogP contribution in [0, 0.1) is 0 Å². The highest BCUT2D eigenvalue weighted by atomic mass is 16.3. The summed E-state index contributed by atoms with van der Waals surface area (Å²) >= 11 is 0. The summed E-state index contributed by atoms with van der Waals surface area (Å²) in [4.78, 5) is 12.4. The van der Waals surface area contributed by atoms with Gasteiger partial charge in [0, 0.05) is 6.42 Å². The highest BCUT2D eigenvalue weighted by molar-refractivity contribution is 5.76. The first-order chi connectivity index (χ1) is 27.2. The zero-order chi connectivity index (χ0) is 40.0. The van der Waals surface area contributed by atoms with Gasteiger partial charge in [0.05, 0.1) is 18.8 Å². The monoisotopic (exact) mass is 772 g/mol. The van der Waals surface area contributed by atoms with Gasteiger partial charge >= 0.3 is 0 Å². The summed E-state index contributed by atoms with van der Waals surface area (Å²) in [6, 6.07) is -0.618. The largest absolute Gasteiger partial charge is 0.394 e.